The summed E-state index contributed by atoms with van der Waals surface area (Å²) in [5.41, 5.74) is 6.14. The molecule has 3 atom stereocenters. The summed E-state index contributed by atoms with van der Waals surface area (Å²) in [5, 5.41) is 4.35. The van der Waals surface area contributed by atoms with Crippen molar-refractivity contribution in [3.8, 4) is 11.5 Å². The second kappa shape index (κ2) is 13.8. The van der Waals surface area contributed by atoms with Crippen molar-refractivity contribution in [3.63, 3.8) is 0 Å². The van der Waals surface area contributed by atoms with Crippen LogP contribution in [-0.2, 0) is 4.74 Å². The van der Waals surface area contributed by atoms with Crippen molar-refractivity contribution in [2.24, 2.45) is 11.8 Å². The van der Waals surface area contributed by atoms with E-state index < -0.39 is 0 Å². The summed E-state index contributed by atoms with van der Waals surface area (Å²) < 4.78 is 17.8. The Morgan fingerprint density at radius 3 is 2.30 bits per heavy atom. The van der Waals surface area contributed by atoms with Gasteiger partial charge in [0.1, 0.15) is 23.6 Å². The molecule has 0 saturated carbocycles. The van der Waals surface area contributed by atoms with E-state index in [0.717, 1.165) is 88.8 Å². The number of carbonyl (C=O) groups is 1. The Labute approximate surface area is 277 Å². The molecule has 2 aromatic carbocycles. The monoisotopic (exact) mass is 644 g/mol. The van der Waals surface area contributed by atoms with E-state index >= 15 is 0 Å². The van der Waals surface area contributed by atoms with Gasteiger partial charge < -0.3 is 24.4 Å². The molecule has 0 spiro atoms. The Balaban J connectivity index is 1.04. The van der Waals surface area contributed by atoms with E-state index in [9.17, 15) is 4.79 Å². The number of allylic oxidation sites excluding steroid dienone is 4. The zero-order valence-electron chi connectivity index (χ0n) is 26.9. The number of hydrogen-bond acceptors (Lipinski definition) is 7. The molecule has 1 aliphatic carbocycles. The smallest absolute Gasteiger partial charge is 0.416 e. The first-order valence-electron chi connectivity index (χ1n) is 16.8. The molecule has 1 amide bonds. The summed E-state index contributed by atoms with van der Waals surface area (Å²) in [6, 6.07) is 15.0. The molecule has 46 heavy (non-hydrogen) atoms. The molecule has 9 heteroatoms. The number of benzene rings is 2. The van der Waals surface area contributed by atoms with Crippen molar-refractivity contribution < 1.29 is 19.0 Å². The van der Waals surface area contributed by atoms with Crippen LogP contribution in [0.15, 0.2) is 83.2 Å². The highest BCUT2D eigenvalue weighted by atomic mass is 35.5. The van der Waals surface area contributed by atoms with Gasteiger partial charge in [0, 0.05) is 68.1 Å². The van der Waals surface area contributed by atoms with Gasteiger partial charge in [-0.05, 0) is 85.7 Å². The van der Waals surface area contributed by atoms with Gasteiger partial charge in [-0.25, -0.2) is 4.79 Å². The Kier molecular flexibility index (Phi) is 9.41. The summed E-state index contributed by atoms with van der Waals surface area (Å²) in [4.78, 5) is 20.6. The van der Waals surface area contributed by atoms with Crippen molar-refractivity contribution in [2.45, 2.75) is 45.3 Å². The maximum atomic E-state index is 13.7. The topological polar surface area (TPSA) is 66.5 Å². The van der Waals surface area contributed by atoms with Crippen LogP contribution in [-0.4, -0.2) is 85.9 Å². The highest BCUT2D eigenvalue weighted by Crippen LogP contribution is 2.48. The molecular formula is C37H45ClN4O4. The number of amides is 1. The number of nitrogens with one attached hydrogen (secondary N) is 1. The van der Waals surface area contributed by atoms with Crippen molar-refractivity contribution >= 4 is 17.7 Å². The van der Waals surface area contributed by atoms with Crippen LogP contribution >= 0.6 is 11.6 Å². The van der Waals surface area contributed by atoms with E-state index in [0.29, 0.717) is 29.2 Å². The lowest BCUT2D eigenvalue weighted by molar-refractivity contribution is 0.0289. The first-order chi connectivity index (χ1) is 22.4. The largest absolute Gasteiger partial charge is 0.490 e. The molecule has 4 aliphatic heterocycles. The summed E-state index contributed by atoms with van der Waals surface area (Å²) in [7, 11) is 0. The van der Waals surface area contributed by atoms with Crippen LogP contribution in [0, 0.1) is 11.8 Å². The number of halogens is 1. The number of fused-ring (bicyclic) bond motifs is 2. The lowest BCUT2D eigenvalue weighted by atomic mass is 9.76. The molecule has 0 bridgehead atoms. The third-order valence-electron chi connectivity index (χ3n) is 10.4. The van der Waals surface area contributed by atoms with E-state index in [-0.39, 0.29) is 18.2 Å². The number of nitrogens with zero attached hydrogens (tertiary/aromatic N) is 3. The standard InChI is InChI=1S/C37H45ClN4O4/c1-25-3-12-33-34(26(25)2)32-15-18-42(37(43)46-30-10-6-28(38)7-11-30)36(35(32)39-33)27-4-8-29(9-5-27)45-31-13-16-40(17-14-31)19-20-41-21-23-44-24-22-41/h3-12,26,31,34,36,39H,13-24H2,1-2H3/t26-,34?,36+/m1/s1. The van der Waals surface area contributed by atoms with Crippen LogP contribution in [0.4, 0.5) is 4.79 Å². The molecule has 2 aromatic rings. The Hall–Kier alpha value is -3.30. The third kappa shape index (κ3) is 6.72. The molecule has 8 nitrogen and oxygen atoms in total. The second-order valence-corrected chi connectivity index (χ2v) is 13.6. The van der Waals surface area contributed by atoms with E-state index in [1.54, 1.807) is 24.3 Å². The SMILES string of the molecule is CC1=CC=C2NC3=C(CCN(C(=O)Oc4ccc(Cl)cc4)[C@H]3c3ccc(OC4CCN(CCN5CCOCC5)CC4)cc3)C2[C@@H]1C. The van der Waals surface area contributed by atoms with Crippen LogP contribution in [0.3, 0.4) is 0 Å². The zero-order valence-corrected chi connectivity index (χ0v) is 27.7. The van der Waals surface area contributed by atoms with Crippen molar-refractivity contribution in [1.82, 2.24) is 20.0 Å². The van der Waals surface area contributed by atoms with Gasteiger partial charge in [0.25, 0.3) is 0 Å². The van der Waals surface area contributed by atoms with Crippen LogP contribution in [0.2, 0.25) is 5.02 Å². The maximum absolute atomic E-state index is 13.7. The quantitative estimate of drug-likeness (QED) is 0.373. The highest BCUT2D eigenvalue weighted by Gasteiger charge is 2.44. The second-order valence-electron chi connectivity index (χ2n) is 13.2. The van der Waals surface area contributed by atoms with Gasteiger partial charge in [-0.15, -0.1) is 0 Å². The fourth-order valence-electron chi connectivity index (χ4n) is 7.57. The molecule has 244 valence electrons. The zero-order chi connectivity index (χ0) is 31.6. The van der Waals surface area contributed by atoms with Gasteiger partial charge >= 0.3 is 6.09 Å². The Morgan fingerprint density at radius 2 is 1.59 bits per heavy atom. The number of piperidine rings is 1. The third-order valence-corrected chi connectivity index (χ3v) is 10.7. The van der Waals surface area contributed by atoms with Crippen LogP contribution in [0.25, 0.3) is 0 Å². The fraction of sp³-hybridized carbons (Fsp3) is 0.486. The average molecular weight is 645 g/mol. The molecule has 1 N–H and O–H groups in total. The predicted molar refractivity (Wildman–Crippen MR) is 180 cm³/mol. The van der Waals surface area contributed by atoms with E-state index in [1.165, 1.54) is 16.8 Å². The molecule has 7 rings (SSSR count). The summed E-state index contributed by atoms with van der Waals surface area (Å²) in [5.74, 6) is 2.09. The van der Waals surface area contributed by atoms with Crippen LogP contribution < -0.4 is 14.8 Å². The normalized spacial score (nSPS) is 25.7. The lowest BCUT2D eigenvalue weighted by Gasteiger charge is -2.37. The minimum Gasteiger partial charge on any atom is -0.490 e. The molecule has 2 saturated heterocycles. The number of rotatable bonds is 7. The van der Waals surface area contributed by atoms with Crippen molar-refractivity contribution in [1.29, 1.82) is 0 Å². The minimum absolute atomic E-state index is 0.212. The van der Waals surface area contributed by atoms with Crippen molar-refractivity contribution in [2.75, 3.05) is 59.0 Å². The Morgan fingerprint density at radius 1 is 0.913 bits per heavy atom. The van der Waals surface area contributed by atoms with Gasteiger partial charge in [0.05, 0.1) is 13.2 Å². The van der Waals surface area contributed by atoms with Crippen LogP contribution in [0.1, 0.15) is 44.7 Å². The van der Waals surface area contributed by atoms with Gasteiger partial charge in [-0.1, -0.05) is 42.3 Å². The van der Waals surface area contributed by atoms with Crippen molar-refractivity contribution in [3.05, 3.63) is 93.8 Å². The van der Waals surface area contributed by atoms with E-state index in [2.05, 4.69) is 65.4 Å². The first-order valence-corrected chi connectivity index (χ1v) is 17.2. The Bertz CT molecular complexity index is 1490. The lowest BCUT2D eigenvalue weighted by Crippen LogP contribution is -2.44. The number of likely N-dealkylation sites (tertiary alicyclic amines) is 1. The fourth-order valence-corrected chi connectivity index (χ4v) is 7.69. The first kappa shape index (κ1) is 31.3. The highest BCUT2D eigenvalue weighted by molar-refractivity contribution is 6.30. The minimum atomic E-state index is -0.368. The molecule has 4 heterocycles. The molecule has 5 aliphatic rings. The van der Waals surface area contributed by atoms with Gasteiger partial charge in [0.15, 0.2) is 0 Å². The molecule has 1 unspecified atom stereocenters. The van der Waals surface area contributed by atoms with E-state index in [1.807, 2.05) is 4.90 Å². The molecule has 0 radical (unpaired) electrons. The average Bonchev–Trinajstić information content (AvgIpc) is 3.47. The maximum Gasteiger partial charge on any atom is 0.416 e. The van der Waals surface area contributed by atoms with Gasteiger partial charge in [-0.2, -0.15) is 0 Å². The predicted octanol–water partition coefficient (Wildman–Crippen LogP) is 6.41. The summed E-state index contributed by atoms with van der Waals surface area (Å²) in [6.07, 6.45) is 7.12. The van der Waals surface area contributed by atoms with Gasteiger partial charge in [-0.3, -0.25) is 9.80 Å². The summed E-state index contributed by atoms with van der Waals surface area (Å²) >= 11 is 6.07. The molecular weight excluding hydrogens is 600 g/mol. The van der Waals surface area contributed by atoms with Gasteiger partial charge in [0.2, 0.25) is 0 Å². The van der Waals surface area contributed by atoms with E-state index in [4.69, 9.17) is 25.8 Å². The number of ether oxygens (including phenoxy) is 3. The molecule has 2 fully saturated rings. The summed E-state index contributed by atoms with van der Waals surface area (Å²) in [6.45, 7) is 13.2. The number of hydrogen-bond donors (Lipinski definition) is 1. The number of carbonyl (C=O) groups excluding carboxylic acids is 1. The number of morpholine rings is 1. The molecule has 0 aromatic heterocycles. The van der Waals surface area contributed by atoms with Crippen LogP contribution in [0.5, 0.6) is 11.5 Å².